The van der Waals surface area contributed by atoms with Crippen molar-refractivity contribution in [1.29, 1.82) is 0 Å². The number of carbonyl (C=O) groups is 1. The number of nitrogens with zero attached hydrogens (tertiary/aromatic N) is 2. The van der Waals surface area contributed by atoms with Crippen LogP contribution in [0.25, 0.3) is 10.6 Å². The van der Waals surface area contributed by atoms with Gasteiger partial charge in [0.05, 0.1) is 5.69 Å². The van der Waals surface area contributed by atoms with Crippen LogP contribution in [0.15, 0.2) is 24.3 Å². The highest BCUT2D eigenvalue weighted by atomic mass is 35.5. The fourth-order valence-corrected chi connectivity index (χ4v) is 3.97. The minimum Gasteiger partial charge on any atom is -0.338 e. The maximum Gasteiger partial charge on any atom is 0.265 e. The molecule has 0 radical (unpaired) electrons. The molecule has 1 atom stereocenters. The molecular weight excluding hydrogens is 384 g/mol. The average Bonchev–Trinajstić information content (AvgIpc) is 3.15. The second-order valence-corrected chi connectivity index (χ2v) is 6.90. The van der Waals surface area contributed by atoms with E-state index in [1.165, 1.54) is 23.5 Å². The first kappa shape index (κ1) is 21.8. The van der Waals surface area contributed by atoms with Crippen molar-refractivity contribution in [3.8, 4) is 10.6 Å². The molecule has 0 bridgehead atoms. The van der Waals surface area contributed by atoms with Gasteiger partial charge in [-0.05, 0) is 57.1 Å². The van der Waals surface area contributed by atoms with Gasteiger partial charge in [0.15, 0.2) is 0 Å². The minimum atomic E-state index is -0.272. The van der Waals surface area contributed by atoms with Crippen molar-refractivity contribution in [3.63, 3.8) is 0 Å². The molecule has 4 nitrogen and oxygen atoms in total. The van der Waals surface area contributed by atoms with Crippen LogP contribution < -0.4 is 5.32 Å². The number of likely N-dealkylation sites (tertiary alicyclic amines) is 1. The van der Waals surface area contributed by atoms with E-state index in [1.54, 1.807) is 12.1 Å². The normalized spacial score (nSPS) is 16.3. The number of amides is 1. The summed E-state index contributed by atoms with van der Waals surface area (Å²) in [6, 6.07) is 6.22. The van der Waals surface area contributed by atoms with Gasteiger partial charge in [-0.15, -0.1) is 36.2 Å². The molecule has 0 spiro atoms. The molecular formula is C17H22Cl2FN3OS. The lowest BCUT2D eigenvalue weighted by Gasteiger charge is -2.15. The number of hydrogen-bond donors (Lipinski definition) is 1. The highest BCUT2D eigenvalue weighted by Crippen LogP contribution is 2.30. The van der Waals surface area contributed by atoms with Gasteiger partial charge in [0.2, 0.25) is 0 Å². The predicted octanol–water partition coefficient (Wildman–Crippen LogP) is 3.78. The fraction of sp³-hybridized carbons (Fsp3) is 0.412. The van der Waals surface area contributed by atoms with Crippen LogP contribution in [0.3, 0.4) is 0 Å². The molecule has 25 heavy (non-hydrogen) atoms. The summed E-state index contributed by atoms with van der Waals surface area (Å²) in [6.07, 6.45) is 1.04. The van der Waals surface area contributed by atoms with Crippen LogP contribution in [0, 0.1) is 18.7 Å². The zero-order chi connectivity index (χ0) is 16.4. The van der Waals surface area contributed by atoms with Crippen molar-refractivity contribution < 1.29 is 9.18 Å². The van der Waals surface area contributed by atoms with Crippen LogP contribution in [0.5, 0.6) is 0 Å². The lowest BCUT2D eigenvalue weighted by molar-refractivity contribution is 0.0791. The van der Waals surface area contributed by atoms with Crippen molar-refractivity contribution >= 4 is 42.1 Å². The summed E-state index contributed by atoms with van der Waals surface area (Å²) < 4.78 is 13.0. The summed E-state index contributed by atoms with van der Waals surface area (Å²) in [5.74, 6) is 0.312. The Hall–Kier alpha value is -1.21. The molecule has 1 aromatic carbocycles. The van der Waals surface area contributed by atoms with Crippen LogP contribution in [0.1, 0.15) is 21.8 Å². The Morgan fingerprint density at radius 1 is 1.36 bits per heavy atom. The number of aryl methyl sites for hydroxylation is 1. The standard InChI is InChI=1S/C17H20FN3OS.2ClH/c1-11-15(17(22)21-8-7-12(10-21)9-19-2)23-16(20-11)13-3-5-14(18)6-4-13;;/h3-6,12,19H,7-10H2,1-2H3;2*1H. The van der Waals surface area contributed by atoms with Crippen molar-refractivity contribution in [3.05, 3.63) is 40.7 Å². The Kier molecular flexibility index (Phi) is 8.28. The summed E-state index contributed by atoms with van der Waals surface area (Å²) in [5.41, 5.74) is 1.59. The van der Waals surface area contributed by atoms with Gasteiger partial charge in [-0.3, -0.25) is 4.79 Å². The number of nitrogens with one attached hydrogen (secondary N) is 1. The monoisotopic (exact) mass is 405 g/mol. The molecule has 1 fully saturated rings. The quantitative estimate of drug-likeness (QED) is 0.841. The summed E-state index contributed by atoms with van der Waals surface area (Å²) in [4.78, 5) is 19.8. The van der Waals surface area contributed by atoms with Crippen molar-refractivity contribution in [1.82, 2.24) is 15.2 Å². The molecule has 1 unspecified atom stereocenters. The predicted molar refractivity (Wildman–Crippen MR) is 105 cm³/mol. The maximum absolute atomic E-state index is 13.0. The Labute approximate surface area is 163 Å². The van der Waals surface area contributed by atoms with Gasteiger partial charge < -0.3 is 10.2 Å². The molecule has 1 saturated heterocycles. The molecule has 1 aliphatic heterocycles. The van der Waals surface area contributed by atoms with Crippen LogP contribution in [0.4, 0.5) is 4.39 Å². The van der Waals surface area contributed by atoms with Crippen molar-refractivity contribution in [2.24, 2.45) is 5.92 Å². The van der Waals surface area contributed by atoms with Gasteiger partial charge in [0.25, 0.3) is 5.91 Å². The molecule has 1 N–H and O–H groups in total. The molecule has 2 aromatic rings. The van der Waals surface area contributed by atoms with E-state index in [0.29, 0.717) is 10.8 Å². The van der Waals surface area contributed by atoms with Crippen LogP contribution in [0.2, 0.25) is 0 Å². The molecule has 2 heterocycles. The molecule has 0 aliphatic carbocycles. The van der Waals surface area contributed by atoms with Crippen LogP contribution in [-0.2, 0) is 0 Å². The average molecular weight is 406 g/mol. The van der Waals surface area contributed by atoms with E-state index in [9.17, 15) is 9.18 Å². The second-order valence-electron chi connectivity index (χ2n) is 5.90. The van der Waals surface area contributed by atoms with Gasteiger partial charge in [-0.1, -0.05) is 0 Å². The molecule has 3 rings (SSSR count). The van der Waals surface area contributed by atoms with E-state index >= 15 is 0 Å². The van der Waals surface area contributed by atoms with E-state index in [2.05, 4.69) is 10.3 Å². The number of aromatic nitrogens is 1. The smallest absolute Gasteiger partial charge is 0.265 e. The third-order valence-electron chi connectivity index (χ3n) is 4.15. The van der Waals surface area contributed by atoms with Crippen LogP contribution in [-0.4, -0.2) is 42.5 Å². The molecule has 1 aromatic heterocycles. The Morgan fingerprint density at radius 2 is 2.04 bits per heavy atom. The van der Waals surface area contributed by atoms with E-state index in [1.807, 2.05) is 18.9 Å². The number of rotatable bonds is 4. The first-order valence-electron chi connectivity index (χ1n) is 7.75. The summed E-state index contributed by atoms with van der Waals surface area (Å²) in [7, 11) is 1.94. The second kappa shape index (κ2) is 9.48. The first-order chi connectivity index (χ1) is 11.1. The van der Waals surface area contributed by atoms with Gasteiger partial charge >= 0.3 is 0 Å². The number of hydrogen-bond acceptors (Lipinski definition) is 4. The lowest BCUT2D eigenvalue weighted by Crippen LogP contribution is -2.30. The minimum absolute atomic E-state index is 0. The number of thiazole rings is 1. The van der Waals surface area contributed by atoms with Gasteiger partial charge in [-0.2, -0.15) is 0 Å². The fourth-order valence-electron chi connectivity index (χ4n) is 2.93. The maximum atomic E-state index is 13.0. The third-order valence-corrected chi connectivity index (χ3v) is 5.34. The van der Waals surface area contributed by atoms with E-state index in [0.717, 1.165) is 42.3 Å². The zero-order valence-electron chi connectivity index (χ0n) is 14.1. The number of halogens is 3. The summed E-state index contributed by atoms with van der Waals surface area (Å²) >= 11 is 1.39. The number of benzene rings is 1. The Bertz CT molecular complexity index is 708. The summed E-state index contributed by atoms with van der Waals surface area (Å²) in [5, 5.41) is 3.93. The molecule has 1 amide bonds. The lowest BCUT2D eigenvalue weighted by atomic mass is 10.1. The zero-order valence-corrected chi connectivity index (χ0v) is 16.6. The highest BCUT2D eigenvalue weighted by Gasteiger charge is 2.28. The van der Waals surface area contributed by atoms with Crippen LogP contribution >= 0.6 is 36.2 Å². The van der Waals surface area contributed by atoms with E-state index < -0.39 is 0 Å². The molecule has 1 aliphatic rings. The van der Waals surface area contributed by atoms with Gasteiger partial charge in [-0.25, -0.2) is 9.37 Å². The van der Waals surface area contributed by atoms with Crippen molar-refractivity contribution in [2.45, 2.75) is 13.3 Å². The summed E-state index contributed by atoms with van der Waals surface area (Å²) in [6.45, 7) is 4.39. The van der Waals surface area contributed by atoms with Crippen molar-refractivity contribution in [2.75, 3.05) is 26.7 Å². The Balaban J connectivity index is 0.00000156. The van der Waals surface area contributed by atoms with Gasteiger partial charge in [0, 0.05) is 18.7 Å². The Morgan fingerprint density at radius 3 is 2.68 bits per heavy atom. The topological polar surface area (TPSA) is 45.2 Å². The third kappa shape index (κ3) is 4.91. The highest BCUT2D eigenvalue weighted by molar-refractivity contribution is 7.17. The van der Waals surface area contributed by atoms with Gasteiger partial charge in [0.1, 0.15) is 15.7 Å². The largest absolute Gasteiger partial charge is 0.338 e. The van der Waals surface area contributed by atoms with E-state index in [4.69, 9.17) is 0 Å². The number of carbonyl (C=O) groups excluding carboxylic acids is 1. The van der Waals surface area contributed by atoms with E-state index in [-0.39, 0.29) is 36.5 Å². The SMILES string of the molecule is CNCC1CCN(C(=O)c2sc(-c3ccc(F)cc3)nc2C)C1.Cl.Cl. The molecule has 0 saturated carbocycles. The molecule has 8 heteroatoms. The first-order valence-corrected chi connectivity index (χ1v) is 8.57. The molecule has 138 valence electrons.